The maximum absolute atomic E-state index is 11.9. The summed E-state index contributed by atoms with van der Waals surface area (Å²) in [7, 11) is 0. The van der Waals surface area contributed by atoms with Crippen LogP contribution in [0.1, 0.15) is 55.0 Å². The molecular formula is C19H19ClN2O3S. The maximum atomic E-state index is 11.9. The molecule has 0 bridgehead atoms. The minimum Gasteiger partial charge on any atom is -0.423 e. The van der Waals surface area contributed by atoms with Crippen LogP contribution in [0, 0.1) is 6.92 Å². The molecule has 2 aromatic heterocycles. The molecule has 136 valence electrons. The molecule has 0 aliphatic heterocycles. The van der Waals surface area contributed by atoms with Crippen LogP contribution in [-0.4, -0.2) is 10.2 Å². The van der Waals surface area contributed by atoms with Crippen molar-refractivity contribution in [1.82, 2.24) is 10.2 Å². The van der Waals surface area contributed by atoms with Gasteiger partial charge in [-0.1, -0.05) is 42.6 Å². The summed E-state index contributed by atoms with van der Waals surface area (Å²) in [6, 6.07) is 5.13. The van der Waals surface area contributed by atoms with E-state index in [0.717, 1.165) is 35.2 Å². The number of thioether (sulfide) groups is 1. The van der Waals surface area contributed by atoms with Gasteiger partial charge in [-0.3, -0.25) is 0 Å². The molecule has 0 unspecified atom stereocenters. The highest BCUT2D eigenvalue weighted by atomic mass is 35.5. The van der Waals surface area contributed by atoms with Gasteiger partial charge in [0.15, 0.2) is 0 Å². The molecule has 1 aliphatic carbocycles. The first-order valence-electron chi connectivity index (χ1n) is 8.79. The van der Waals surface area contributed by atoms with Crippen LogP contribution in [0.25, 0.3) is 11.0 Å². The molecule has 3 aromatic rings. The minimum atomic E-state index is -0.372. The Balaban J connectivity index is 1.55. The van der Waals surface area contributed by atoms with E-state index in [9.17, 15) is 4.79 Å². The number of rotatable bonds is 4. The zero-order valence-corrected chi connectivity index (χ0v) is 16.0. The average molecular weight is 391 g/mol. The number of benzene rings is 1. The highest BCUT2D eigenvalue weighted by Crippen LogP contribution is 2.34. The Kier molecular flexibility index (Phi) is 5.05. The zero-order chi connectivity index (χ0) is 18.1. The Morgan fingerprint density at radius 1 is 1.15 bits per heavy atom. The molecule has 4 rings (SSSR count). The van der Waals surface area contributed by atoms with Gasteiger partial charge in [0.1, 0.15) is 5.58 Å². The molecule has 0 atom stereocenters. The number of aromatic nitrogens is 2. The van der Waals surface area contributed by atoms with Gasteiger partial charge < -0.3 is 8.83 Å². The number of aryl methyl sites for hydroxylation is 1. The second-order valence-electron chi connectivity index (χ2n) is 6.72. The minimum absolute atomic E-state index is 0.372. The van der Waals surface area contributed by atoms with Crippen LogP contribution in [-0.2, 0) is 5.75 Å². The summed E-state index contributed by atoms with van der Waals surface area (Å²) in [6.07, 6.45) is 5.98. The normalized spacial score (nSPS) is 15.6. The third kappa shape index (κ3) is 3.67. The van der Waals surface area contributed by atoms with Gasteiger partial charge in [-0.05, 0) is 43.0 Å². The first-order valence-corrected chi connectivity index (χ1v) is 10.2. The summed E-state index contributed by atoms with van der Waals surface area (Å²) in [6.45, 7) is 1.88. The van der Waals surface area contributed by atoms with Crippen LogP contribution in [0.15, 0.2) is 37.1 Å². The van der Waals surface area contributed by atoms with Crippen molar-refractivity contribution in [2.75, 3.05) is 0 Å². The molecule has 0 amide bonds. The lowest BCUT2D eigenvalue weighted by Crippen LogP contribution is -2.04. The van der Waals surface area contributed by atoms with E-state index in [-0.39, 0.29) is 5.63 Å². The maximum Gasteiger partial charge on any atom is 0.336 e. The van der Waals surface area contributed by atoms with Crippen molar-refractivity contribution < 1.29 is 8.83 Å². The smallest absolute Gasteiger partial charge is 0.336 e. The summed E-state index contributed by atoms with van der Waals surface area (Å²) < 4.78 is 11.1. The molecular weight excluding hydrogens is 372 g/mol. The monoisotopic (exact) mass is 390 g/mol. The van der Waals surface area contributed by atoms with Gasteiger partial charge in [0, 0.05) is 28.1 Å². The van der Waals surface area contributed by atoms with Crippen molar-refractivity contribution in [3.63, 3.8) is 0 Å². The molecule has 1 saturated carbocycles. The predicted molar refractivity (Wildman–Crippen MR) is 102 cm³/mol. The Hall–Kier alpha value is -1.79. The molecule has 26 heavy (non-hydrogen) atoms. The first-order chi connectivity index (χ1) is 12.6. The molecule has 5 nitrogen and oxygen atoms in total. The van der Waals surface area contributed by atoms with Crippen molar-refractivity contribution in [2.24, 2.45) is 0 Å². The number of nitrogens with zero attached hydrogens (tertiary/aromatic N) is 2. The van der Waals surface area contributed by atoms with Gasteiger partial charge in [0.25, 0.3) is 5.22 Å². The predicted octanol–water partition coefficient (Wildman–Crippen LogP) is 5.48. The van der Waals surface area contributed by atoms with E-state index in [1.165, 1.54) is 37.1 Å². The molecule has 1 fully saturated rings. The fraction of sp³-hybridized carbons (Fsp3) is 0.421. The Morgan fingerprint density at radius 3 is 2.77 bits per heavy atom. The van der Waals surface area contributed by atoms with Gasteiger partial charge in [0.05, 0.1) is 0 Å². The van der Waals surface area contributed by atoms with Gasteiger partial charge in [-0.2, -0.15) is 0 Å². The molecule has 0 saturated heterocycles. The van der Waals surface area contributed by atoms with Crippen molar-refractivity contribution in [1.29, 1.82) is 0 Å². The topological polar surface area (TPSA) is 69.1 Å². The van der Waals surface area contributed by atoms with E-state index >= 15 is 0 Å². The molecule has 2 heterocycles. The summed E-state index contributed by atoms with van der Waals surface area (Å²) in [4.78, 5) is 11.9. The summed E-state index contributed by atoms with van der Waals surface area (Å²) in [5.41, 5.74) is 1.90. The zero-order valence-electron chi connectivity index (χ0n) is 14.5. The summed E-state index contributed by atoms with van der Waals surface area (Å²) >= 11 is 7.67. The SMILES string of the molecule is Cc1cc2oc(=O)cc(CSc3nnc(C4CCCCC4)o3)c2cc1Cl. The molecule has 7 heteroatoms. The van der Waals surface area contributed by atoms with Crippen molar-refractivity contribution >= 4 is 34.3 Å². The van der Waals surface area contributed by atoms with E-state index in [1.807, 2.05) is 13.0 Å². The lowest BCUT2D eigenvalue weighted by Gasteiger charge is -2.17. The van der Waals surface area contributed by atoms with E-state index in [1.54, 1.807) is 6.07 Å². The number of hydrogen-bond donors (Lipinski definition) is 0. The standard InChI is InChI=1S/C19H19ClN2O3S/c1-11-7-16-14(9-15(11)20)13(8-17(23)24-16)10-26-19-22-21-18(25-19)12-5-3-2-4-6-12/h7-9,12H,2-6,10H2,1H3. The Morgan fingerprint density at radius 2 is 1.96 bits per heavy atom. The Bertz CT molecular complexity index is 992. The van der Waals surface area contributed by atoms with E-state index in [4.69, 9.17) is 20.4 Å². The van der Waals surface area contributed by atoms with Crippen LogP contribution in [0.2, 0.25) is 5.02 Å². The van der Waals surface area contributed by atoms with E-state index < -0.39 is 0 Å². The van der Waals surface area contributed by atoms with Crippen LogP contribution < -0.4 is 5.63 Å². The van der Waals surface area contributed by atoms with Gasteiger partial charge in [-0.15, -0.1) is 10.2 Å². The second kappa shape index (κ2) is 7.45. The molecule has 0 N–H and O–H groups in total. The van der Waals surface area contributed by atoms with Crippen molar-refractivity contribution in [3.05, 3.63) is 50.7 Å². The summed E-state index contributed by atoms with van der Waals surface area (Å²) in [5, 5.41) is 10.4. The fourth-order valence-electron chi connectivity index (χ4n) is 3.40. The van der Waals surface area contributed by atoms with Crippen molar-refractivity contribution in [3.8, 4) is 0 Å². The summed E-state index contributed by atoms with van der Waals surface area (Å²) in [5.74, 6) is 1.66. The number of halogens is 1. The quantitative estimate of drug-likeness (QED) is 0.434. The lowest BCUT2D eigenvalue weighted by molar-refractivity contribution is 0.334. The molecule has 0 spiro atoms. The van der Waals surface area contributed by atoms with E-state index in [0.29, 0.717) is 27.5 Å². The largest absolute Gasteiger partial charge is 0.423 e. The number of hydrogen-bond acceptors (Lipinski definition) is 6. The molecule has 1 aromatic carbocycles. The molecule has 1 aliphatic rings. The number of fused-ring (bicyclic) bond motifs is 1. The van der Waals surface area contributed by atoms with Crippen molar-refractivity contribution in [2.45, 2.75) is 55.9 Å². The second-order valence-corrected chi connectivity index (χ2v) is 8.05. The molecule has 0 radical (unpaired) electrons. The van der Waals surface area contributed by atoms with Gasteiger partial charge in [-0.25, -0.2) is 4.79 Å². The highest BCUT2D eigenvalue weighted by molar-refractivity contribution is 7.98. The lowest BCUT2D eigenvalue weighted by atomic mass is 9.89. The van der Waals surface area contributed by atoms with Crippen LogP contribution in [0.3, 0.4) is 0 Å². The third-order valence-electron chi connectivity index (χ3n) is 4.84. The third-order valence-corrected chi connectivity index (χ3v) is 6.11. The first kappa shape index (κ1) is 17.6. The van der Waals surface area contributed by atoms with Crippen LogP contribution in [0.5, 0.6) is 0 Å². The van der Waals surface area contributed by atoms with Crippen LogP contribution >= 0.6 is 23.4 Å². The van der Waals surface area contributed by atoms with Crippen LogP contribution in [0.4, 0.5) is 0 Å². The Labute approximate surface area is 160 Å². The fourth-order valence-corrected chi connectivity index (χ4v) is 4.32. The average Bonchev–Trinajstić information content (AvgIpc) is 3.11. The highest BCUT2D eigenvalue weighted by Gasteiger charge is 2.21. The van der Waals surface area contributed by atoms with Gasteiger partial charge in [0.2, 0.25) is 5.89 Å². The van der Waals surface area contributed by atoms with E-state index in [2.05, 4.69) is 10.2 Å². The van der Waals surface area contributed by atoms with Gasteiger partial charge >= 0.3 is 5.63 Å².